The Labute approximate surface area is 215 Å². The number of nitrogens with one attached hydrogen (secondary N) is 2. The number of carbonyl (C=O) groups excluding carboxylic acids is 4. The van der Waals surface area contributed by atoms with Gasteiger partial charge in [0.2, 0.25) is 11.8 Å². The molecule has 0 aromatic heterocycles. The van der Waals surface area contributed by atoms with Gasteiger partial charge < -0.3 is 30.7 Å². The van der Waals surface area contributed by atoms with Crippen LogP contribution < -0.4 is 21.1 Å². The van der Waals surface area contributed by atoms with Crippen LogP contribution in [0, 0.1) is 11.3 Å². The van der Waals surface area contributed by atoms with Crippen molar-refractivity contribution >= 4 is 29.5 Å². The maximum atomic E-state index is 13.6. The van der Waals surface area contributed by atoms with E-state index in [0.717, 1.165) is 4.90 Å². The highest BCUT2D eigenvalue weighted by molar-refractivity contribution is 5.99. The number of hydrogen-bond acceptors (Lipinski definition) is 7. The second kappa shape index (κ2) is 12.9. The van der Waals surface area contributed by atoms with Gasteiger partial charge in [-0.05, 0) is 50.6 Å². The molecule has 2 rings (SSSR count). The van der Waals surface area contributed by atoms with Gasteiger partial charge in [-0.25, -0.2) is 4.79 Å². The second-order valence-corrected chi connectivity index (χ2v) is 9.02. The number of primary amides is 1. The van der Waals surface area contributed by atoms with Crippen LogP contribution in [0.3, 0.4) is 0 Å². The van der Waals surface area contributed by atoms with E-state index in [4.69, 9.17) is 15.2 Å². The van der Waals surface area contributed by atoms with Crippen molar-refractivity contribution in [1.82, 2.24) is 10.2 Å². The topological polar surface area (TPSA) is 164 Å². The van der Waals surface area contributed by atoms with E-state index in [9.17, 15) is 24.4 Å². The average Bonchev–Trinajstić information content (AvgIpc) is 2.82. The highest BCUT2D eigenvalue weighted by atomic mass is 16.6. The fourth-order valence-corrected chi connectivity index (χ4v) is 3.42. The van der Waals surface area contributed by atoms with Gasteiger partial charge in [0.1, 0.15) is 30.0 Å². The Morgan fingerprint density at radius 3 is 2.19 bits per heavy atom. The zero-order chi connectivity index (χ0) is 27.6. The maximum Gasteiger partial charge on any atom is 0.408 e. The number of nitriles is 1. The Morgan fingerprint density at radius 1 is 1.05 bits per heavy atom. The summed E-state index contributed by atoms with van der Waals surface area (Å²) in [5, 5.41) is 14.6. The molecule has 4 N–H and O–H groups in total. The molecule has 0 spiro atoms. The van der Waals surface area contributed by atoms with E-state index in [-0.39, 0.29) is 0 Å². The molecule has 2 unspecified atom stereocenters. The Kier molecular flexibility index (Phi) is 10.0. The third kappa shape index (κ3) is 8.85. The lowest BCUT2D eigenvalue weighted by molar-refractivity contribution is -0.141. The monoisotopic (exact) mass is 509 g/mol. The third-order valence-corrected chi connectivity index (χ3v) is 4.95. The lowest BCUT2D eigenvalue weighted by Gasteiger charge is -2.32. The summed E-state index contributed by atoms with van der Waals surface area (Å²) in [4.78, 5) is 52.2. The molecular weight excluding hydrogens is 478 g/mol. The van der Waals surface area contributed by atoms with E-state index < -0.39 is 54.5 Å². The van der Waals surface area contributed by atoms with E-state index in [1.807, 2.05) is 6.07 Å². The molecule has 0 saturated carbocycles. The number of rotatable bonds is 10. The normalized spacial score (nSPS) is 12.3. The molecule has 2 aromatic carbocycles. The molecule has 0 bridgehead atoms. The van der Waals surface area contributed by atoms with Crippen molar-refractivity contribution < 1.29 is 28.7 Å². The molecule has 2 atom stereocenters. The van der Waals surface area contributed by atoms with E-state index in [0.29, 0.717) is 17.0 Å². The van der Waals surface area contributed by atoms with Crippen LogP contribution in [-0.2, 0) is 19.1 Å². The number of methoxy groups -OCH3 is 1. The van der Waals surface area contributed by atoms with Crippen molar-refractivity contribution in [3.63, 3.8) is 0 Å². The molecule has 0 aliphatic carbocycles. The molecule has 0 fully saturated rings. The molecule has 37 heavy (non-hydrogen) atoms. The number of benzene rings is 2. The SMILES string of the molecule is COc1ccc(NC(=O)C(c2ccccc2)N(CC#N)C(=O)C(CC(N)=O)NC(=O)OC(C)(C)C)cc1. The van der Waals surface area contributed by atoms with Crippen molar-refractivity contribution in [3.05, 3.63) is 60.2 Å². The molecule has 0 aliphatic heterocycles. The summed E-state index contributed by atoms with van der Waals surface area (Å²) in [5.41, 5.74) is 5.29. The Balaban J connectivity index is 2.45. The molecule has 0 heterocycles. The summed E-state index contributed by atoms with van der Waals surface area (Å²) in [6.45, 7) is 4.39. The van der Waals surface area contributed by atoms with Gasteiger partial charge in [0.15, 0.2) is 0 Å². The standard InChI is InChI=1S/C26H31N5O6/c1-26(2,3)37-25(35)30-20(16-21(28)32)24(34)31(15-14-27)22(17-8-6-5-7-9-17)23(33)29-18-10-12-19(36-4)13-11-18/h5-13,20,22H,15-16H2,1-4H3,(H2,28,32)(H,29,33)(H,30,35). The van der Waals surface area contributed by atoms with Crippen LogP contribution in [0.2, 0.25) is 0 Å². The number of hydrogen-bond donors (Lipinski definition) is 3. The highest BCUT2D eigenvalue weighted by Gasteiger charge is 2.37. The van der Waals surface area contributed by atoms with Crippen molar-refractivity contribution in [1.29, 1.82) is 5.26 Å². The quantitative estimate of drug-likeness (QED) is 0.414. The first kappa shape index (κ1) is 28.6. The zero-order valence-corrected chi connectivity index (χ0v) is 21.2. The van der Waals surface area contributed by atoms with Gasteiger partial charge in [-0.15, -0.1) is 0 Å². The van der Waals surface area contributed by atoms with Gasteiger partial charge in [0.25, 0.3) is 5.91 Å². The number of nitrogens with two attached hydrogens (primary N) is 1. The van der Waals surface area contributed by atoms with Gasteiger partial charge in [-0.2, -0.15) is 5.26 Å². The zero-order valence-electron chi connectivity index (χ0n) is 21.2. The predicted molar refractivity (Wildman–Crippen MR) is 135 cm³/mol. The third-order valence-electron chi connectivity index (χ3n) is 4.95. The van der Waals surface area contributed by atoms with Gasteiger partial charge in [-0.3, -0.25) is 14.4 Å². The summed E-state index contributed by atoms with van der Waals surface area (Å²) in [6, 6.07) is 14.0. The number of ether oxygens (including phenoxy) is 2. The molecule has 2 aromatic rings. The Morgan fingerprint density at radius 2 is 1.68 bits per heavy atom. The molecular formula is C26H31N5O6. The number of carbonyl (C=O) groups is 4. The van der Waals surface area contributed by atoms with E-state index in [1.54, 1.807) is 75.4 Å². The Hall–Kier alpha value is -4.59. The molecule has 0 saturated heterocycles. The van der Waals surface area contributed by atoms with Crippen LogP contribution in [0.1, 0.15) is 38.8 Å². The molecule has 11 nitrogen and oxygen atoms in total. The van der Waals surface area contributed by atoms with Crippen LogP contribution in [-0.4, -0.2) is 54.0 Å². The first-order chi connectivity index (χ1) is 17.4. The lowest BCUT2D eigenvalue weighted by Crippen LogP contribution is -2.53. The van der Waals surface area contributed by atoms with Crippen LogP contribution in [0.15, 0.2) is 54.6 Å². The molecule has 196 valence electrons. The van der Waals surface area contributed by atoms with Crippen molar-refractivity contribution in [2.75, 3.05) is 19.0 Å². The molecule has 4 amide bonds. The fourth-order valence-electron chi connectivity index (χ4n) is 3.42. The minimum atomic E-state index is -1.47. The van der Waals surface area contributed by atoms with Crippen molar-refractivity contribution in [2.45, 2.75) is 44.9 Å². The van der Waals surface area contributed by atoms with Crippen LogP contribution in [0.4, 0.5) is 10.5 Å². The average molecular weight is 510 g/mol. The first-order valence-electron chi connectivity index (χ1n) is 11.4. The van der Waals surface area contributed by atoms with Crippen LogP contribution >= 0.6 is 0 Å². The van der Waals surface area contributed by atoms with Crippen LogP contribution in [0.25, 0.3) is 0 Å². The summed E-state index contributed by atoms with van der Waals surface area (Å²) in [5.74, 6) is -1.76. The van der Waals surface area contributed by atoms with Crippen molar-refractivity contribution in [2.24, 2.45) is 5.73 Å². The minimum absolute atomic E-state index is 0.409. The smallest absolute Gasteiger partial charge is 0.408 e. The lowest BCUT2D eigenvalue weighted by atomic mass is 10.0. The molecule has 0 aliphatic rings. The summed E-state index contributed by atoms with van der Waals surface area (Å²) in [7, 11) is 1.51. The Bertz CT molecular complexity index is 1140. The second-order valence-electron chi connectivity index (χ2n) is 9.02. The van der Waals surface area contributed by atoms with Crippen molar-refractivity contribution in [3.8, 4) is 11.8 Å². The van der Waals surface area contributed by atoms with E-state index in [1.165, 1.54) is 7.11 Å². The highest BCUT2D eigenvalue weighted by Crippen LogP contribution is 2.25. The fraction of sp³-hybridized carbons (Fsp3) is 0.346. The summed E-state index contributed by atoms with van der Waals surface area (Å²) < 4.78 is 10.3. The number of alkyl carbamates (subject to hydrolysis) is 1. The summed E-state index contributed by atoms with van der Waals surface area (Å²) >= 11 is 0. The minimum Gasteiger partial charge on any atom is -0.497 e. The first-order valence-corrected chi connectivity index (χ1v) is 11.4. The largest absolute Gasteiger partial charge is 0.497 e. The van der Waals surface area contributed by atoms with Gasteiger partial charge in [-0.1, -0.05) is 30.3 Å². The van der Waals surface area contributed by atoms with E-state index in [2.05, 4.69) is 10.6 Å². The van der Waals surface area contributed by atoms with Gasteiger partial charge in [0, 0.05) is 5.69 Å². The maximum absolute atomic E-state index is 13.6. The molecule has 0 radical (unpaired) electrons. The number of anilines is 1. The number of amides is 4. The van der Waals surface area contributed by atoms with E-state index >= 15 is 0 Å². The predicted octanol–water partition coefficient (Wildman–Crippen LogP) is 2.50. The molecule has 11 heteroatoms. The number of nitrogens with zero attached hydrogens (tertiary/aromatic N) is 2. The van der Waals surface area contributed by atoms with Crippen LogP contribution in [0.5, 0.6) is 5.75 Å². The summed E-state index contributed by atoms with van der Waals surface area (Å²) in [6.07, 6.45) is -1.52. The van der Waals surface area contributed by atoms with Gasteiger partial charge in [0.05, 0.1) is 19.6 Å². The van der Waals surface area contributed by atoms with Gasteiger partial charge >= 0.3 is 6.09 Å².